The molecule has 0 aliphatic rings. The van der Waals surface area contributed by atoms with Crippen molar-refractivity contribution < 1.29 is 4.57 Å². The maximum Gasteiger partial charge on any atom is 0.243 e. The standard InChI is InChI=1S/C23H45N2/c1-4-5-6-7-8-9-10-11-12-15-18-24-20-21-25(22-24)19-16-13-14-17-23(2)3/h20-23H,4-19H2,1-3H3/q+1. The largest absolute Gasteiger partial charge is 0.243 e. The summed E-state index contributed by atoms with van der Waals surface area (Å²) in [6, 6.07) is 0. The molecule has 1 rings (SSSR count). The molecule has 0 bridgehead atoms. The fourth-order valence-electron chi connectivity index (χ4n) is 3.51. The van der Waals surface area contributed by atoms with Gasteiger partial charge in [0.2, 0.25) is 6.33 Å². The van der Waals surface area contributed by atoms with Gasteiger partial charge in [-0.25, -0.2) is 9.13 Å². The molecular weight excluding hydrogens is 304 g/mol. The van der Waals surface area contributed by atoms with Crippen LogP contribution in [-0.4, -0.2) is 4.57 Å². The molecule has 2 nitrogen and oxygen atoms in total. The minimum Gasteiger partial charge on any atom is -0.237 e. The van der Waals surface area contributed by atoms with E-state index in [-0.39, 0.29) is 0 Å². The van der Waals surface area contributed by atoms with E-state index in [1.54, 1.807) is 0 Å². The number of rotatable bonds is 17. The van der Waals surface area contributed by atoms with Gasteiger partial charge in [-0.3, -0.25) is 0 Å². The van der Waals surface area contributed by atoms with Gasteiger partial charge in [0, 0.05) is 0 Å². The molecule has 146 valence electrons. The molecule has 0 saturated heterocycles. The number of imidazole rings is 1. The molecule has 0 saturated carbocycles. The third-order valence-electron chi connectivity index (χ3n) is 5.21. The molecule has 0 amide bonds. The normalized spacial score (nSPS) is 11.5. The highest BCUT2D eigenvalue weighted by Gasteiger charge is 2.03. The molecule has 0 aliphatic carbocycles. The first-order valence-corrected chi connectivity index (χ1v) is 11.3. The molecule has 1 aromatic rings. The second kappa shape index (κ2) is 15.5. The lowest BCUT2D eigenvalue weighted by atomic mass is 10.1. The van der Waals surface area contributed by atoms with Crippen molar-refractivity contribution >= 4 is 0 Å². The van der Waals surface area contributed by atoms with E-state index < -0.39 is 0 Å². The van der Waals surface area contributed by atoms with Gasteiger partial charge in [-0.15, -0.1) is 0 Å². The highest BCUT2D eigenvalue weighted by atomic mass is 15.1. The van der Waals surface area contributed by atoms with Gasteiger partial charge in [0.1, 0.15) is 12.4 Å². The van der Waals surface area contributed by atoms with Crippen molar-refractivity contribution in [3.63, 3.8) is 0 Å². The number of hydrogen-bond donors (Lipinski definition) is 0. The van der Waals surface area contributed by atoms with Gasteiger partial charge in [0.05, 0.1) is 13.1 Å². The highest BCUT2D eigenvalue weighted by Crippen LogP contribution is 2.11. The van der Waals surface area contributed by atoms with E-state index in [4.69, 9.17) is 0 Å². The fraction of sp³-hybridized carbons (Fsp3) is 0.870. The Morgan fingerprint density at radius 2 is 1.36 bits per heavy atom. The number of aryl methyl sites for hydroxylation is 2. The zero-order valence-electron chi connectivity index (χ0n) is 17.5. The van der Waals surface area contributed by atoms with Crippen molar-refractivity contribution in [2.24, 2.45) is 5.92 Å². The second-order valence-corrected chi connectivity index (χ2v) is 8.31. The quantitative estimate of drug-likeness (QED) is 0.213. The monoisotopic (exact) mass is 349 g/mol. The molecule has 0 atom stereocenters. The van der Waals surface area contributed by atoms with Crippen molar-refractivity contribution in [3.8, 4) is 0 Å². The first-order chi connectivity index (χ1) is 12.2. The zero-order valence-corrected chi connectivity index (χ0v) is 17.5. The van der Waals surface area contributed by atoms with E-state index >= 15 is 0 Å². The maximum absolute atomic E-state index is 2.37. The summed E-state index contributed by atoms with van der Waals surface area (Å²) in [4.78, 5) is 0. The smallest absolute Gasteiger partial charge is 0.237 e. The Hall–Kier alpha value is -0.790. The third kappa shape index (κ3) is 13.1. The maximum atomic E-state index is 2.37. The van der Waals surface area contributed by atoms with Crippen molar-refractivity contribution in [1.29, 1.82) is 0 Å². The summed E-state index contributed by atoms with van der Waals surface area (Å²) in [5.41, 5.74) is 0. The number of unbranched alkanes of at least 4 members (excludes halogenated alkanes) is 11. The Morgan fingerprint density at radius 3 is 2.00 bits per heavy atom. The summed E-state index contributed by atoms with van der Waals surface area (Å²) in [5.74, 6) is 0.856. The second-order valence-electron chi connectivity index (χ2n) is 8.31. The van der Waals surface area contributed by atoms with Crippen LogP contribution in [-0.2, 0) is 13.1 Å². The predicted octanol–water partition coefficient (Wildman–Crippen LogP) is 6.91. The van der Waals surface area contributed by atoms with Crippen molar-refractivity contribution in [3.05, 3.63) is 18.7 Å². The lowest BCUT2D eigenvalue weighted by Gasteiger charge is -2.03. The summed E-state index contributed by atoms with van der Waals surface area (Å²) in [6.07, 6.45) is 26.4. The van der Waals surface area contributed by atoms with Gasteiger partial charge in [0.15, 0.2) is 0 Å². The fourth-order valence-corrected chi connectivity index (χ4v) is 3.51. The molecule has 1 aromatic heterocycles. The third-order valence-corrected chi connectivity index (χ3v) is 5.21. The van der Waals surface area contributed by atoms with E-state index in [9.17, 15) is 0 Å². The van der Waals surface area contributed by atoms with Crippen molar-refractivity contribution in [2.45, 2.75) is 124 Å². The number of hydrogen-bond acceptors (Lipinski definition) is 0. The topological polar surface area (TPSA) is 8.81 Å². The van der Waals surface area contributed by atoms with Crippen LogP contribution in [0.3, 0.4) is 0 Å². The zero-order chi connectivity index (χ0) is 18.2. The molecule has 2 heteroatoms. The minimum atomic E-state index is 0.856. The van der Waals surface area contributed by atoms with E-state index in [1.807, 2.05) is 0 Å². The molecular formula is C23H45N2+. The number of aromatic nitrogens is 2. The summed E-state index contributed by atoms with van der Waals surface area (Å²) >= 11 is 0. The molecule has 0 radical (unpaired) electrons. The van der Waals surface area contributed by atoms with Crippen LogP contribution in [0.15, 0.2) is 18.7 Å². The van der Waals surface area contributed by atoms with Crippen LogP contribution in [0.4, 0.5) is 0 Å². The Labute approximate surface area is 158 Å². The Kier molecular flexibility index (Phi) is 13.8. The van der Waals surface area contributed by atoms with E-state index in [0.29, 0.717) is 0 Å². The Bertz CT molecular complexity index is 395. The molecule has 0 aromatic carbocycles. The van der Waals surface area contributed by atoms with Crippen LogP contribution < -0.4 is 4.57 Å². The Morgan fingerprint density at radius 1 is 0.760 bits per heavy atom. The Balaban J connectivity index is 1.93. The van der Waals surface area contributed by atoms with E-state index in [0.717, 1.165) is 5.92 Å². The van der Waals surface area contributed by atoms with Gasteiger partial charge in [-0.2, -0.15) is 0 Å². The lowest BCUT2D eigenvalue weighted by molar-refractivity contribution is -0.696. The van der Waals surface area contributed by atoms with Crippen LogP contribution >= 0.6 is 0 Å². The molecule has 0 N–H and O–H groups in total. The molecule has 0 unspecified atom stereocenters. The van der Waals surface area contributed by atoms with Crippen LogP contribution in [0.1, 0.15) is 111 Å². The van der Waals surface area contributed by atoms with Gasteiger partial charge in [0.25, 0.3) is 0 Å². The van der Waals surface area contributed by atoms with E-state index in [1.165, 1.54) is 103 Å². The van der Waals surface area contributed by atoms with Gasteiger partial charge in [-0.05, 0) is 31.6 Å². The molecule has 25 heavy (non-hydrogen) atoms. The molecule has 0 fully saturated rings. The molecule has 0 spiro atoms. The summed E-state index contributed by atoms with van der Waals surface area (Å²) in [5, 5.41) is 0. The first-order valence-electron chi connectivity index (χ1n) is 11.3. The molecule has 0 aliphatic heterocycles. The average Bonchev–Trinajstić information content (AvgIpc) is 3.04. The highest BCUT2D eigenvalue weighted by molar-refractivity contribution is 4.66. The van der Waals surface area contributed by atoms with Crippen LogP contribution in [0.25, 0.3) is 0 Å². The van der Waals surface area contributed by atoms with Crippen LogP contribution in [0.5, 0.6) is 0 Å². The lowest BCUT2D eigenvalue weighted by Crippen LogP contribution is -2.30. The summed E-state index contributed by atoms with van der Waals surface area (Å²) in [6.45, 7) is 9.31. The first kappa shape index (κ1) is 22.3. The van der Waals surface area contributed by atoms with Crippen molar-refractivity contribution in [1.82, 2.24) is 4.57 Å². The predicted molar refractivity (Wildman–Crippen MR) is 110 cm³/mol. The summed E-state index contributed by atoms with van der Waals surface area (Å²) < 4.78 is 4.74. The van der Waals surface area contributed by atoms with Crippen LogP contribution in [0, 0.1) is 5.92 Å². The summed E-state index contributed by atoms with van der Waals surface area (Å²) in [7, 11) is 0. The van der Waals surface area contributed by atoms with Gasteiger partial charge in [-0.1, -0.05) is 85.0 Å². The number of nitrogens with zero attached hydrogens (tertiary/aromatic N) is 2. The van der Waals surface area contributed by atoms with E-state index in [2.05, 4.69) is 48.6 Å². The van der Waals surface area contributed by atoms with Crippen molar-refractivity contribution in [2.75, 3.05) is 0 Å². The average molecular weight is 350 g/mol. The van der Waals surface area contributed by atoms with Gasteiger partial charge >= 0.3 is 0 Å². The molecule has 1 heterocycles. The van der Waals surface area contributed by atoms with Crippen LogP contribution in [0.2, 0.25) is 0 Å². The minimum absolute atomic E-state index is 0.856. The SMILES string of the molecule is CCCCCCCCCCCCn1cc[n+](CCCCCC(C)C)c1. The van der Waals surface area contributed by atoms with Gasteiger partial charge < -0.3 is 0 Å².